The third-order valence-electron chi connectivity index (χ3n) is 5.15. The molecule has 0 saturated carbocycles. The van der Waals surface area contributed by atoms with Crippen molar-refractivity contribution in [2.24, 2.45) is 5.92 Å². The van der Waals surface area contributed by atoms with Gasteiger partial charge in [0.1, 0.15) is 5.75 Å². The molecule has 2 aromatic carbocycles. The molecular formula is C22H23ClN4O3. The Bertz CT molecular complexity index is 1010. The van der Waals surface area contributed by atoms with E-state index in [-0.39, 0.29) is 11.8 Å². The van der Waals surface area contributed by atoms with Gasteiger partial charge in [0.15, 0.2) is 0 Å². The van der Waals surface area contributed by atoms with E-state index in [1.54, 1.807) is 25.3 Å². The zero-order valence-corrected chi connectivity index (χ0v) is 17.4. The molecule has 1 aromatic heterocycles. The lowest BCUT2D eigenvalue weighted by molar-refractivity contribution is -0.121. The van der Waals surface area contributed by atoms with Crippen LogP contribution in [-0.2, 0) is 11.3 Å². The van der Waals surface area contributed by atoms with Crippen molar-refractivity contribution in [3.63, 3.8) is 0 Å². The number of ether oxygens (including phenoxy) is 1. The predicted molar refractivity (Wildman–Crippen MR) is 114 cm³/mol. The summed E-state index contributed by atoms with van der Waals surface area (Å²) in [5.74, 6) is 1.52. The Morgan fingerprint density at radius 3 is 2.93 bits per heavy atom. The number of anilines is 1. The van der Waals surface area contributed by atoms with E-state index in [0.717, 1.165) is 24.9 Å². The van der Waals surface area contributed by atoms with E-state index in [2.05, 4.69) is 20.4 Å². The topological polar surface area (TPSA) is 80.5 Å². The van der Waals surface area contributed by atoms with Gasteiger partial charge in [0.25, 0.3) is 0 Å². The largest absolute Gasteiger partial charge is 0.495 e. The van der Waals surface area contributed by atoms with Gasteiger partial charge in [-0.15, -0.1) is 0 Å². The molecule has 0 bridgehead atoms. The van der Waals surface area contributed by atoms with E-state index in [9.17, 15) is 4.79 Å². The average Bonchev–Trinajstić information content (AvgIpc) is 3.23. The van der Waals surface area contributed by atoms with Crippen LogP contribution in [0.5, 0.6) is 5.75 Å². The first-order valence-electron chi connectivity index (χ1n) is 9.87. The molecule has 3 aromatic rings. The summed E-state index contributed by atoms with van der Waals surface area (Å²) in [5.41, 5.74) is 1.50. The molecule has 156 valence electrons. The molecule has 4 rings (SSSR count). The lowest BCUT2D eigenvalue weighted by atomic mass is 9.97. The number of hydrogen-bond acceptors (Lipinski definition) is 6. The molecule has 7 nitrogen and oxygen atoms in total. The minimum Gasteiger partial charge on any atom is -0.495 e. The number of halogens is 1. The van der Waals surface area contributed by atoms with Gasteiger partial charge in [0.05, 0.1) is 25.3 Å². The van der Waals surface area contributed by atoms with Gasteiger partial charge in [-0.2, -0.15) is 4.98 Å². The normalized spacial score (nSPS) is 16.9. The van der Waals surface area contributed by atoms with Crippen molar-refractivity contribution in [1.82, 2.24) is 15.0 Å². The Morgan fingerprint density at radius 1 is 1.30 bits per heavy atom. The van der Waals surface area contributed by atoms with Crippen LogP contribution in [0.25, 0.3) is 11.4 Å². The van der Waals surface area contributed by atoms with Crippen LogP contribution in [0.2, 0.25) is 5.02 Å². The Kier molecular flexibility index (Phi) is 6.30. The SMILES string of the molecule is COc1ccc(Cl)cc1NC(=O)C1CCCN(Cc2nc(-c3ccccc3)no2)C1. The van der Waals surface area contributed by atoms with Gasteiger partial charge in [0.2, 0.25) is 17.6 Å². The Hall–Kier alpha value is -2.90. The van der Waals surface area contributed by atoms with Crippen LogP contribution in [0, 0.1) is 5.92 Å². The smallest absolute Gasteiger partial charge is 0.241 e. The molecule has 0 spiro atoms. The number of nitrogens with zero attached hydrogens (tertiary/aromatic N) is 3. The molecule has 1 N–H and O–H groups in total. The fourth-order valence-electron chi connectivity index (χ4n) is 3.64. The van der Waals surface area contributed by atoms with Crippen LogP contribution in [-0.4, -0.2) is 41.1 Å². The maximum Gasteiger partial charge on any atom is 0.241 e. The summed E-state index contributed by atoms with van der Waals surface area (Å²) >= 11 is 6.06. The van der Waals surface area contributed by atoms with Crippen molar-refractivity contribution in [3.8, 4) is 17.1 Å². The van der Waals surface area contributed by atoms with E-state index in [0.29, 0.717) is 41.3 Å². The van der Waals surface area contributed by atoms with Gasteiger partial charge in [-0.05, 0) is 37.6 Å². The zero-order chi connectivity index (χ0) is 20.9. The van der Waals surface area contributed by atoms with Crippen molar-refractivity contribution in [3.05, 3.63) is 59.4 Å². The maximum absolute atomic E-state index is 12.8. The van der Waals surface area contributed by atoms with Gasteiger partial charge in [-0.3, -0.25) is 9.69 Å². The number of piperidine rings is 1. The highest BCUT2D eigenvalue weighted by molar-refractivity contribution is 6.31. The first-order chi connectivity index (χ1) is 14.6. The van der Waals surface area contributed by atoms with Crippen molar-refractivity contribution in [1.29, 1.82) is 0 Å². The lowest BCUT2D eigenvalue weighted by Gasteiger charge is -2.31. The van der Waals surface area contributed by atoms with Gasteiger partial charge in [-0.25, -0.2) is 0 Å². The number of carbonyl (C=O) groups is 1. The van der Waals surface area contributed by atoms with Crippen molar-refractivity contribution < 1.29 is 14.1 Å². The van der Waals surface area contributed by atoms with Crippen LogP contribution in [0.4, 0.5) is 5.69 Å². The minimum absolute atomic E-state index is 0.0456. The molecule has 0 aliphatic carbocycles. The Balaban J connectivity index is 1.38. The molecule has 1 aliphatic heterocycles. The maximum atomic E-state index is 12.8. The van der Waals surface area contributed by atoms with Crippen molar-refractivity contribution >= 4 is 23.2 Å². The second-order valence-electron chi connectivity index (χ2n) is 7.29. The monoisotopic (exact) mass is 426 g/mol. The number of carbonyl (C=O) groups excluding carboxylic acids is 1. The highest BCUT2D eigenvalue weighted by atomic mass is 35.5. The molecule has 0 radical (unpaired) electrons. The molecule has 30 heavy (non-hydrogen) atoms. The van der Waals surface area contributed by atoms with Gasteiger partial charge >= 0.3 is 0 Å². The zero-order valence-electron chi connectivity index (χ0n) is 16.7. The average molecular weight is 427 g/mol. The molecule has 1 aliphatic rings. The number of rotatable bonds is 6. The number of benzene rings is 2. The summed E-state index contributed by atoms with van der Waals surface area (Å²) in [7, 11) is 1.56. The third-order valence-corrected chi connectivity index (χ3v) is 5.39. The fourth-order valence-corrected chi connectivity index (χ4v) is 3.81. The first kappa shape index (κ1) is 20.4. The standard InChI is InChI=1S/C22H23ClN4O3/c1-29-19-10-9-17(23)12-18(19)24-22(28)16-8-5-11-27(13-16)14-20-25-21(26-30-20)15-6-3-2-4-7-15/h2-4,6-7,9-10,12,16H,5,8,11,13-14H2,1H3,(H,24,28). The third kappa shape index (κ3) is 4.80. The minimum atomic E-state index is -0.140. The lowest BCUT2D eigenvalue weighted by Crippen LogP contribution is -2.40. The van der Waals surface area contributed by atoms with E-state index in [1.165, 1.54) is 0 Å². The summed E-state index contributed by atoms with van der Waals surface area (Å²) in [4.78, 5) is 19.5. The Labute approximate surface area is 180 Å². The van der Waals surface area contributed by atoms with Crippen LogP contribution in [0.15, 0.2) is 53.1 Å². The molecular weight excluding hydrogens is 404 g/mol. The molecule has 1 atom stereocenters. The second-order valence-corrected chi connectivity index (χ2v) is 7.72. The van der Waals surface area contributed by atoms with Gasteiger partial charge in [-0.1, -0.05) is 47.1 Å². The summed E-state index contributed by atoms with van der Waals surface area (Å²) in [6.07, 6.45) is 1.74. The van der Waals surface area contributed by atoms with Gasteiger partial charge < -0.3 is 14.6 Å². The Morgan fingerprint density at radius 2 is 2.13 bits per heavy atom. The van der Waals surface area contributed by atoms with Crippen LogP contribution in [0.1, 0.15) is 18.7 Å². The van der Waals surface area contributed by atoms with Gasteiger partial charge in [0, 0.05) is 17.1 Å². The number of hydrogen-bond donors (Lipinski definition) is 1. The highest BCUT2D eigenvalue weighted by Crippen LogP contribution is 2.29. The van der Waals surface area contributed by atoms with E-state index < -0.39 is 0 Å². The predicted octanol–water partition coefficient (Wildman–Crippen LogP) is 4.25. The van der Waals surface area contributed by atoms with Crippen LogP contribution in [0.3, 0.4) is 0 Å². The number of likely N-dealkylation sites (tertiary alicyclic amines) is 1. The van der Waals surface area contributed by atoms with Crippen LogP contribution >= 0.6 is 11.6 Å². The van der Waals surface area contributed by atoms with E-state index in [4.69, 9.17) is 20.9 Å². The fraction of sp³-hybridized carbons (Fsp3) is 0.318. The number of amides is 1. The summed E-state index contributed by atoms with van der Waals surface area (Å²) in [6.45, 7) is 2.02. The summed E-state index contributed by atoms with van der Waals surface area (Å²) in [5, 5.41) is 7.57. The summed E-state index contributed by atoms with van der Waals surface area (Å²) in [6, 6.07) is 14.9. The molecule has 1 saturated heterocycles. The van der Waals surface area contributed by atoms with Crippen molar-refractivity contribution in [2.75, 3.05) is 25.5 Å². The molecule has 1 amide bonds. The molecule has 8 heteroatoms. The number of nitrogens with one attached hydrogen (secondary N) is 1. The number of aromatic nitrogens is 2. The first-order valence-corrected chi connectivity index (χ1v) is 10.2. The highest BCUT2D eigenvalue weighted by Gasteiger charge is 2.27. The van der Waals surface area contributed by atoms with E-state index >= 15 is 0 Å². The van der Waals surface area contributed by atoms with Crippen LogP contribution < -0.4 is 10.1 Å². The molecule has 2 heterocycles. The van der Waals surface area contributed by atoms with E-state index in [1.807, 2.05) is 30.3 Å². The van der Waals surface area contributed by atoms with Crippen molar-refractivity contribution in [2.45, 2.75) is 19.4 Å². The summed E-state index contributed by atoms with van der Waals surface area (Å²) < 4.78 is 10.7. The quantitative estimate of drug-likeness (QED) is 0.634. The molecule has 1 unspecified atom stereocenters. The number of methoxy groups -OCH3 is 1. The second kappa shape index (κ2) is 9.28. The molecule has 1 fully saturated rings.